The van der Waals surface area contributed by atoms with Gasteiger partial charge in [0, 0.05) is 4.47 Å². The monoisotopic (exact) mass is 304 g/mol. The Morgan fingerprint density at radius 3 is 2.12 bits per heavy atom. The molecule has 0 aromatic heterocycles. The van der Waals surface area contributed by atoms with Gasteiger partial charge in [0.15, 0.2) is 11.5 Å². The van der Waals surface area contributed by atoms with Crippen LogP contribution in [0.25, 0.3) is 0 Å². The lowest BCUT2D eigenvalue weighted by molar-refractivity contribution is 0.0952. The van der Waals surface area contributed by atoms with Crippen LogP contribution in [0.15, 0.2) is 16.6 Å². The van der Waals surface area contributed by atoms with Crippen LogP contribution in [0, 0.1) is 0 Å². The Morgan fingerprint density at radius 1 is 1.24 bits per heavy atom. The van der Waals surface area contributed by atoms with Crippen molar-refractivity contribution < 1.29 is 14.3 Å². The molecule has 17 heavy (non-hydrogen) atoms. The number of methoxy groups -OCH3 is 2. The summed E-state index contributed by atoms with van der Waals surface area (Å²) in [5.74, 6) is 5.65. The number of ether oxygens (including phenoxy) is 2. The van der Waals surface area contributed by atoms with Gasteiger partial charge in [-0.3, -0.25) is 10.2 Å². The van der Waals surface area contributed by atoms with Crippen molar-refractivity contribution in [3.8, 4) is 11.5 Å². The summed E-state index contributed by atoms with van der Waals surface area (Å²) in [5, 5.41) is 0. The minimum absolute atomic E-state index is 0.384. The van der Waals surface area contributed by atoms with Gasteiger partial charge in [0.25, 0.3) is 5.91 Å². The van der Waals surface area contributed by atoms with Crippen molar-refractivity contribution >= 4 is 21.8 Å². The van der Waals surface area contributed by atoms with Crippen LogP contribution in [0.5, 0.6) is 11.5 Å². The second-order valence-electron chi connectivity index (χ2n) is 2.66. The van der Waals surface area contributed by atoms with E-state index >= 15 is 0 Å². The normalized spacial score (nSPS) is 8.82. The second kappa shape index (κ2) is 7.92. The lowest BCUT2D eigenvalue weighted by Crippen LogP contribution is -2.30. The number of benzene rings is 1. The molecule has 1 aromatic rings. The smallest absolute Gasteiger partial charge is 0.266 e. The van der Waals surface area contributed by atoms with Crippen LogP contribution in [0.2, 0.25) is 0 Å². The zero-order valence-electron chi connectivity index (χ0n) is 10.3. The number of nitrogens with one attached hydrogen (secondary N) is 1. The van der Waals surface area contributed by atoms with Gasteiger partial charge in [-0.2, -0.15) is 0 Å². The predicted molar refractivity (Wildman–Crippen MR) is 70.2 cm³/mol. The minimum atomic E-state index is -0.400. The first kappa shape index (κ1) is 15.7. The quantitative estimate of drug-likeness (QED) is 0.509. The summed E-state index contributed by atoms with van der Waals surface area (Å²) >= 11 is 3.24. The number of nitrogen functional groups attached to an aromatic ring is 1. The molecule has 5 nitrogen and oxygen atoms in total. The largest absolute Gasteiger partial charge is 0.493 e. The lowest BCUT2D eigenvalue weighted by atomic mass is 10.2. The SMILES string of the molecule is CC.COc1cc(Br)c(C(=O)NN)cc1OC. The van der Waals surface area contributed by atoms with Crippen molar-refractivity contribution in [3.05, 3.63) is 22.2 Å². The van der Waals surface area contributed by atoms with E-state index in [1.54, 1.807) is 12.1 Å². The molecular weight excluding hydrogens is 288 g/mol. The minimum Gasteiger partial charge on any atom is -0.493 e. The number of nitrogens with two attached hydrogens (primary N) is 1. The number of halogens is 1. The fraction of sp³-hybridized carbons (Fsp3) is 0.364. The summed E-state index contributed by atoms with van der Waals surface area (Å²) in [6.07, 6.45) is 0. The van der Waals surface area contributed by atoms with Crippen LogP contribution >= 0.6 is 15.9 Å². The molecule has 0 radical (unpaired) electrons. The van der Waals surface area contributed by atoms with Gasteiger partial charge in [0.05, 0.1) is 19.8 Å². The van der Waals surface area contributed by atoms with Gasteiger partial charge in [0.1, 0.15) is 0 Å². The first-order valence-electron chi connectivity index (χ1n) is 5.06. The number of rotatable bonds is 3. The van der Waals surface area contributed by atoms with Gasteiger partial charge in [-0.05, 0) is 28.1 Å². The van der Waals surface area contributed by atoms with Gasteiger partial charge >= 0.3 is 0 Å². The van der Waals surface area contributed by atoms with E-state index in [0.29, 0.717) is 21.5 Å². The molecule has 1 amide bonds. The van der Waals surface area contributed by atoms with Crippen molar-refractivity contribution in [1.82, 2.24) is 5.43 Å². The van der Waals surface area contributed by atoms with Crippen molar-refractivity contribution in [3.63, 3.8) is 0 Å². The third kappa shape index (κ3) is 3.90. The fourth-order valence-electron chi connectivity index (χ4n) is 1.11. The van der Waals surface area contributed by atoms with E-state index in [1.807, 2.05) is 19.3 Å². The zero-order chi connectivity index (χ0) is 13.4. The zero-order valence-corrected chi connectivity index (χ0v) is 11.9. The predicted octanol–water partition coefficient (Wildman–Crippen LogP) is 2.10. The highest BCUT2D eigenvalue weighted by molar-refractivity contribution is 9.10. The summed E-state index contributed by atoms with van der Waals surface area (Å²) in [7, 11) is 3.02. The third-order valence-electron chi connectivity index (χ3n) is 1.85. The van der Waals surface area contributed by atoms with Gasteiger partial charge in [-0.15, -0.1) is 0 Å². The van der Waals surface area contributed by atoms with E-state index < -0.39 is 5.91 Å². The number of carbonyl (C=O) groups is 1. The maximum absolute atomic E-state index is 11.3. The van der Waals surface area contributed by atoms with Gasteiger partial charge in [0.2, 0.25) is 0 Å². The molecule has 0 bridgehead atoms. The Kier molecular flexibility index (Phi) is 7.32. The highest BCUT2D eigenvalue weighted by Crippen LogP contribution is 2.33. The lowest BCUT2D eigenvalue weighted by Gasteiger charge is -2.10. The van der Waals surface area contributed by atoms with Crippen LogP contribution in [0.4, 0.5) is 0 Å². The molecule has 1 aromatic carbocycles. The average molecular weight is 305 g/mol. The number of amides is 1. The van der Waals surface area contributed by atoms with Crippen molar-refractivity contribution in [2.24, 2.45) is 5.84 Å². The van der Waals surface area contributed by atoms with Crippen LogP contribution in [0.3, 0.4) is 0 Å². The Labute approximate surface area is 109 Å². The summed E-state index contributed by atoms with van der Waals surface area (Å²) in [5.41, 5.74) is 2.43. The maximum Gasteiger partial charge on any atom is 0.266 e. The summed E-state index contributed by atoms with van der Waals surface area (Å²) in [6, 6.07) is 3.19. The Balaban J connectivity index is 0.00000121. The molecule has 0 saturated heterocycles. The summed E-state index contributed by atoms with van der Waals surface area (Å²) in [4.78, 5) is 11.3. The van der Waals surface area contributed by atoms with E-state index in [9.17, 15) is 4.79 Å². The summed E-state index contributed by atoms with van der Waals surface area (Å²) in [6.45, 7) is 4.00. The molecule has 0 aliphatic heterocycles. The first-order valence-corrected chi connectivity index (χ1v) is 5.85. The van der Waals surface area contributed by atoms with Gasteiger partial charge < -0.3 is 9.47 Å². The molecule has 6 heteroatoms. The highest BCUT2D eigenvalue weighted by atomic mass is 79.9. The topological polar surface area (TPSA) is 73.6 Å². The van der Waals surface area contributed by atoms with E-state index in [0.717, 1.165) is 0 Å². The Hall–Kier alpha value is -1.27. The fourth-order valence-corrected chi connectivity index (χ4v) is 1.61. The first-order chi connectivity index (χ1) is 8.13. The standard InChI is InChI=1S/C9H11BrN2O3.C2H6/c1-14-7-3-5(9(13)12-11)6(10)4-8(7)15-2;1-2/h3-4H,11H2,1-2H3,(H,12,13);1-2H3. The van der Waals surface area contributed by atoms with Crippen LogP contribution in [-0.4, -0.2) is 20.1 Å². The van der Waals surface area contributed by atoms with Crippen LogP contribution in [0.1, 0.15) is 24.2 Å². The molecular formula is C11H17BrN2O3. The number of carbonyl (C=O) groups excluding carboxylic acids is 1. The molecule has 0 aliphatic carbocycles. The number of hydrazine groups is 1. The summed E-state index contributed by atoms with van der Waals surface area (Å²) < 4.78 is 10.7. The molecule has 1 rings (SSSR count). The van der Waals surface area contributed by atoms with Gasteiger partial charge in [-0.25, -0.2) is 5.84 Å². The van der Waals surface area contributed by atoms with E-state index in [2.05, 4.69) is 15.9 Å². The molecule has 0 unspecified atom stereocenters. The van der Waals surface area contributed by atoms with E-state index in [-0.39, 0.29) is 0 Å². The number of hydrogen-bond donors (Lipinski definition) is 2. The Morgan fingerprint density at radius 2 is 1.71 bits per heavy atom. The maximum atomic E-state index is 11.3. The van der Waals surface area contributed by atoms with E-state index in [1.165, 1.54) is 14.2 Å². The van der Waals surface area contributed by atoms with Crippen molar-refractivity contribution in [2.75, 3.05) is 14.2 Å². The number of hydrogen-bond acceptors (Lipinski definition) is 4. The second-order valence-corrected chi connectivity index (χ2v) is 3.51. The molecule has 0 fully saturated rings. The molecule has 0 aliphatic rings. The third-order valence-corrected chi connectivity index (χ3v) is 2.51. The molecule has 0 saturated carbocycles. The molecule has 0 atom stereocenters. The van der Waals surface area contributed by atoms with E-state index in [4.69, 9.17) is 15.3 Å². The van der Waals surface area contributed by atoms with Gasteiger partial charge in [-0.1, -0.05) is 13.8 Å². The van der Waals surface area contributed by atoms with Crippen molar-refractivity contribution in [1.29, 1.82) is 0 Å². The highest BCUT2D eigenvalue weighted by Gasteiger charge is 2.14. The van der Waals surface area contributed by atoms with Crippen LogP contribution < -0.4 is 20.7 Å². The molecule has 96 valence electrons. The van der Waals surface area contributed by atoms with Crippen molar-refractivity contribution in [2.45, 2.75) is 13.8 Å². The average Bonchev–Trinajstić information content (AvgIpc) is 2.39. The van der Waals surface area contributed by atoms with Crippen LogP contribution in [-0.2, 0) is 0 Å². The molecule has 3 N–H and O–H groups in total. The molecule has 0 heterocycles. The molecule has 0 spiro atoms. The Bertz CT molecular complexity index is 383.